The topological polar surface area (TPSA) is 93.5 Å². The monoisotopic (exact) mass is 355 g/mol. The number of benzene rings is 2. The van der Waals surface area contributed by atoms with Gasteiger partial charge in [0.15, 0.2) is 0 Å². The smallest absolute Gasteiger partial charge is 0.293 e. The average molecular weight is 355 g/mol. The fraction of sp³-hybridized carbons (Fsp3) is 0.316. The van der Waals surface area contributed by atoms with Gasteiger partial charge in [-0.15, -0.1) is 0 Å². The van der Waals surface area contributed by atoms with Crippen LogP contribution in [0.25, 0.3) is 0 Å². The number of ether oxygens (including phenoxy) is 1. The molecule has 0 aromatic heterocycles. The minimum atomic E-state index is -0.486. The minimum absolute atomic E-state index is 0.0686. The molecule has 0 spiro atoms. The van der Waals surface area contributed by atoms with E-state index in [0.717, 1.165) is 25.0 Å². The summed E-state index contributed by atoms with van der Waals surface area (Å²) in [7, 11) is 0. The highest BCUT2D eigenvalue weighted by Crippen LogP contribution is 2.27. The van der Waals surface area contributed by atoms with Gasteiger partial charge in [0.05, 0.1) is 11.0 Å². The van der Waals surface area contributed by atoms with Gasteiger partial charge in [-0.2, -0.15) is 0 Å². The number of nitro groups is 1. The fourth-order valence-electron chi connectivity index (χ4n) is 2.84. The third-order valence-corrected chi connectivity index (χ3v) is 4.31. The van der Waals surface area contributed by atoms with Crippen molar-refractivity contribution in [3.05, 3.63) is 63.7 Å². The lowest BCUT2D eigenvalue weighted by molar-refractivity contribution is -0.384. The number of hydrogen-bond donors (Lipinski definition) is 2. The molecule has 136 valence electrons. The summed E-state index contributed by atoms with van der Waals surface area (Å²) in [6, 6.07) is 11.8. The Morgan fingerprint density at radius 2 is 2.04 bits per heavy atom. The van der Waals surface area contributed by atoms with Crippen LogP contribution in [0.1, 0.15) is 28.8 Å². The maximum atomic E-state index is 12.4. The molecular weight excluding hydrogens is 334 g/mol. The molecule has 1 aliphatic rings. The number of carbonyl (C=O) groups is 1. The first-order chi connectivity index (χ1) is 12.5. The number of amides is 1. The summed E-state index contributed by atoms with van der Waals surface area (Å²) in [5.74, 6) is -0.386. The first kappa shape index (κ1) is 17.9. The lowest BCUT2D eigenvalue weighted by Crippen LogP contribution is -2.19. The SMILES string of the molecule is Cc1ccc(NC(=O)c2ccc(NC[C@H]3CCCO3)c([N+](=O)[O-])c2)cc1. The van der Waals surface area contributed by atoms with Crippen molar-refractivity contribution < 1.29 is 14.5 Å². The van der Waals surface area contributed by atoms with Crippen molar-refractivity contribution in [1.29, 1.82) is 0 Å². The van der Waals surface area contributed by atoms with E-state index in [-0.39, 0.29) is 23.3 Å². The van der Waals surface area contributed by atoms with Crippen molar-refractivity contribution in [3.63, 3.8) is 0 Å². The summed E-state index contributed by atoms with van der Waals surface area (Å²) in [6.07, 6.45) is 2.02. The van der Waals surface area contributed by atoms with Gasteiger partial charge in [-0.05, 0) is 44.0 Å². The Kier molecular flexibility index (Phi) is 5.48. The van der Waals surface area contributed by atoms with E-state index in [1.165, 1.54) is 6.07 Å². The van der Waals surface area contributed by atoms with Crippen molar-refractivity contribution in [2.75, 3.05) is 23.8 Å². The quantitative estimate of drug-likeness (QED) is 0.608. The zero-order valence-electron chi connectivity index (χ0n) is 14.5. The normalized spacial score (nSPS) is 16.3. The number of nitrogens with one attached hydrogen (secondary N) is 2. The lowest BCUT2D eigenvalue weighted by Gasteiger charge is -2.13. The number of nitro benzene ring substituents is 1. The van der Waals surface area contributed by atoms with Crippen LogP contribution in [0.4, 0.5) is 17.1 Å². The second-order valence-corrected chi connectivity index (χ2v) is 6.33. The molecule has 0 aliphatic carbocycles. The number of aryl methyl sites for hydroxylation is 1. The Morgan fingerprint density at radius 3 is 2.69 bits per heavy atom. The van der Waals surface area contributed by atoms with Crippen LogP contribution in [0.2, 0.25) is 0 Å². The number of nitrogens with zero attached hydrogens (tertiary/aromatic N) is 1. The summed E-state index contributed by atoms with van der Waals surface area (Å²) in [6.45, 7) is 3.19. The molecule has 0 saturated carbocycles. The van der Waals surface area contributed by atoms with Crippen LogP contribution in [0, 0.1) is 17.0 Å². The molecule has 2 aromatic carbocycles. The summed E-state index contributed by atoms with van der Waals surface area (Å²) < 4.78 is 5.52. The standard InChI is InChI=1S/C19H21N3O4/c1-13-4-7-15(8-5-13)21-19(23)14-6-9-17(18(11-14)22(24)25)20-12-16-3-2-10-26-16/h4-9,11,16,20H,2-3,10,12H2,1H3,(H,21,23)/t16-/m1/s1. The zero-order valence-corrected chi connectivity index (χ0v) is 14.5. The summed E-state index contributed by atoms with van der Waals surface area (Å²) in [5, 5.41) is 17.2. The fourth-order valence-corrected chi connectivity index (χ4v) is 2.84. The Bertz CT molecular complexity index is 799. The predicted octanol–water partition coefficient (Wildman–Crippen LogP) is 3.75. The van der Waals surface area contributed by atoms with E-state index >= 15 is 0 Å². The second kappa shape index (κ2) is 7.97. The van der Waals surface area contributed by atoms with Gasteiger partial charge in [0, 0.05) is 30.5 Å². The van der Waals surface area contributed by atoms with Gasteiger partial charge in [-0.25, -0.2) is 0 Å². The maximum Gasteiger partial charge on any atom is 0.293 e. The van der Waals surface area contributed by atoms with Crippen LogP contribution in [-0.2, 0) is 4.74 Å². The highest BCUT2D eigenvalue weighted by Gasteiger charge is 2.20. The molecule has 3 rings (SSSR count). The Hall–Kier alpha value is -2.93. The molecule has 1 saturated heterocycles. The van der Waals surface area contributed by atoms with Crippen LogP contribution in [-0.4, -0.2) is 30.1 Å². The molecule has 0 unspecified atom stereocenters. The van der Waals surface area contributed by atoms with Crippen LogP contribution in [0.5, 0.6) is 0 Å². The molecule has 7 nitrogen and oxygen atoms in total. The molecule has 2 aromatic rings. The molecule has 1 heterocycles. The van der Waals surface area contributed by atoms with Crippen LogP contribution in [0.15, 0.2) is 42.5 Å². The van der Waals surface area contributed by atoms with Crippen LogP contribution >= 0.6 is 0 Å². The van der Waals surface area contributed by atoms with Crippen molar-refractivity contribution in [2.24, 2.45) is 0 Å². The molecule has 26 heavy (non-hydrogen) atoms. The Morgan fingerprint density at radius 1 is 1.27 bits per heavy atom. The van der Waals surface area contributed by atoms with E-state index in [1.807, 2.05) is 19.1 Å². The summed E-state index contributed by atoms with van der Waals surface area (Å²) >= 11 is 0. The number of carbonyl (C=O) groups excluding carboxylic acids is 1. The molecule has 1 amide bonds. The first-order valence-corrected chi connectivity index (χ1v) is 8.55. The van der Waals surface area contributed by atoms with Gasteiger partial charge in [0.2, 0.25) is 0 Å². The lowest BCUT2D eigenvalue weighted by atomic mass is 10.1. The highest BCUT2D eigenvalue weighted by molar-refractivity contribution is 6.05. The summed E-state index contributed by atoms with van der Waals surface area (Å²) in [5.41, 5.74) is 2.22. The molecular formula is C19H21N3O4. The van der Waals surface area contributed by atoms with E-state index < -0.39 is 4.92 Å². The second-order valence-electron chi connectivity index (χ2n) is 6.33. The minimum Gasteiger partial charge on any atom is -0.377 e. The molecule has 1 fully saturated rings. The zero-order chi connectivity index (χ0) is 18.5. The Labute approximate surface area is 151 Å². The van der Waals surface area contributed by atoms with Gasteiger partial charge in [0.25, 0.3) is 11.6 Å². The summed E-state index contributed by atoms with van der Waals surface area (Å²) in [4.78, 5) is 23.3. The highest BCUT2D eigenvalue weighted by atomic mass is 16.6. The molecule has 7 heteroatoms. The maximum absolute atomic E-state index is 12.4. The molecule has 1 atom stereocenters. The third-order valence-electron chi connectivity index (χ3n) is 4.31. The van der Waals surface area contributed by atoms with E-state index in [9.17, 15) is 14.9 Å². The number of hydrogen-bond acceptors (Lipinski definition) is 5. The van der Waals surface area contributed by atoms with Crippen molar-refractivity contribution in [2.45, 2.75) is 25.9 Å². The largest absolute Gasteiger partial charge is 0.377 e. The number of anilines is 2. The first-order valence-electron chi connectivity index (χ1n) is 8.55. The van der Waals surface area contributed by atoms with Gasteiger partial charge in [-0.3, -0.25) is 14.9 Å². The van der Waals surface area contributed by atoms with Crippen LogP contribution in [0.3, 0.4) is 0 Å². The van der Waals surface area contributed by atoms with Crippen LogP contribution < -0.4 is 10.6 Å². The van der Waals surface area contributed by atoms with Gasteiger partial charge in [0.1, 0.15) is 5.69 Å². The molecule has 0 radical (unpaired) electrons. The predicted molar refractivity (Wildman–Crippen MR) is 99.7 cm³/mol. The van der Waals surface area contributed by atoms with E-state index in [2.05, 4.69) is 10.6 Å². The average Bonchev–Trinajstić information content (AvgIpc) is 3.15. The van der Waals surface area contributed by atoms with Gasteiger partial charge < -0.3 is 15.4 Å². The van der Waals surface area contributed by atoms with E-state index in [4.69, 9.17) is 4.74 Å². The number of rotatable bonds is 6. The van der Waals surface area contributed by atoms with Crippen molar-refractivity contribution in [1.82, 2.24) is 0 Å². The van der Waals surface area contributed by atoms with Crippen molar-refractivity contribution >= 4 is 23.0 Å². The Balaban J connectivity index is 1.73. The third kappa shape index (κ3) is 4.37. The molecule has 2 N–H and O–H groups in total. The van der Waals surface area contributed by atoms with Crippen molar-refractivity contribution in [3.8, 4) is 0 Å². The van der Waals surface area contributed by atoms with Gasteiger partial charge >= 0.3 is 0 Å². The van der Waals surface area contributed by atoms with E-state index in [1.54, 1.807) is 24.3 Å². The molecule has 1 aliphatic heterocycles. The van der Waals surface area contributed by atoms with Gasteiger partial charge in [-0.1, -0.05) is 17.7 Å². The van der Waals surface area contributed by atoms with E-state index in [0.29, 0.717) is 17.9 Å². The molecule has 0 bridgehead atoms.